The average molecular weight is 487 g/mol. The van der Waals surface area contributed by atoms with Crippen molar-refractivity contribution in [1.82, 2.24) is 19.9 Å². The van der Waals surface area contributed by atoms with Crippen LogP contribution in [0.2, 0.25) is 0 Å². The van der Waals surface area contributed by atoms with E-state index < -0.39 is 23.3 Å². The smallest absolute Gasteiger partial charge is 0.268 e. The molecule has 4 aromatic rings. The van der Waals surface area contributed by atoms with Crippen LogP contribution in [-0.4, -0.2) is 20.4 Å². The molecule has 2 aliphatic carbocycles. The summed E-state index contributed by atoms with van der Waals surface area (Å²) in [4.78, 5) is 35.1. The van der Waals surface area contributed by atoms with Crippen molar-refractivity contribution in [3.05, 3.63) is 98.7 Å². The molecule has 2 N–H and O–H groups in total. The Morgan fingerprint density at radius 1 is 1.19 bits per heavy atom. The van der Waals surface area contributed by atoms with Gasteiger partial charge in [-0.3, -0.25) is 9.59 Å². The molecule has 2 heterocycles. The first kappa shape index (κ1) is 22.4. The predicted octanol–water partition coefficient (Wildman–Crippen LogP) is 5.14. The highest BCUT2D eigenvalue weighted by molar-refractivity contribution is 6.08. The molecule has 182 valence electrons. The van der Waals surface area contributed by atoms with Gasteiger partial charge in [-0.25, -0.2) is 18.3 Å². The first-order valence-electron chi connectivity index (χ1n) is 12.1. The summed E-state index contributed by atoms with van der Waals surface area (Å²) in [7, 11) is 0. The highest BCUT2D eigenvalue weighted by atomic mass is 19.1. The van der Waals surface area contributed by atoms with Crippen molar-refractivity contribution in [2.75, 3.05) is 0 Å². The Balaban J connectivity index is 1.51. The number of halogens is 2. The van der Waals surface area contributed by atoms with Gasteiger partial charge in [0.05, 0.1) is 22.7 Å². The molecule has 2 aromatic carbocycles. The van der Waals surface area contributed by atoms with E-state index >= 15 is 4.39 Å². The Hall–Kier alpha value is -4.07. The minimum absolute atomic E-state index is 0.174. The topological polar surface area (TPSA) is 79.8 Å². The Kier molecular flexibility index (Phi) is 5.32. The molecule has 1 atom stereocenters. The van der Waals surface area contributed by atoms with Crippen LogP contribution in [0.1, 0.15) is 58.3 Å². The predicted molar refractivity (Wildman–Crippen MR) is 133 cm³/mol. The van der Waals surface area contributed by atoms with Crippen molar-refractivity contribution in [1.29, 1.82) is 0 Å². The highest BCUT2D eigenvalue weighted by Gasteiger charge is 2.35. The van der Waals surface area contributed by atoms with Crippen LogP contribution in [0.4, 0.5) is 8.78 Å². The number of nitrogens with zero attached hydrogens (tertiary/aromatic N) is 2. The molecule has 2 aliphatic rings. The molecule has 0 unspecified atom stereocenters. The van der Waals surface area contributed by atoms with Crippen molar-refractivity contribution >= 4 is 22.8 Å². The molecule has 2 aromatic heterocycles. The fraction of sp³-hybridized carbons (Fsp3) is 0.250. The number of allylic oxidation sites excluding steroid dienone is 1. The number of amides is 1. The minimum Gasteiger partial charge on any atom is -0.345 e. The standard InChI is InChI=1S/C28H24F2N4O2/c1-15-23(26(35)33-25(16-12-13-16)17-6-4-7-18(29)14-17)19-8-5-9-20(30)24(19)27(36)34(15)28-31-21-10-2-3-11-22(21)32-28/h2,4-10,14,16,25H,3,11-13H2,1H3,(H,31,32)(H,33,35)/t25-/m0/s1. The number of aromatic nitrogens is 3. The van der Waals surface area contributed by atoms with Crippen LogP contribution >= 0.6 is 0 Å². The lowest BCUT2D eigenvalue weighted by Gasteiger charge is -2.21. The number of carbonyl (C=O) groups is 1. The number of aromatic amines is 1. The minimum atomic E-state index is -0.708. The highest BCUT2D eigenvalue weighted by Crippen LogP contribution is 2.41. The summed E-state index contributed by atoms with van der Waals surface area (Å²) in [6, 6.07) is 10.1. The molecule has 0 spiro atoms. The summed E-state index contributed by atoms with van der Waals surface area (Å²) in [5.41, 5.74) is 2.24. The Morgan fingerprint density at radius 3 is 2.75 bits per heavy atom. The number of nitrogens with one attached hydrogen (secondary N) is 2. The molecular formula is C28H24F2N4O2. The molecule has 1 amide bonds. The molecule has 0 bridgehead atoms. The van der Waals surface area contributed by atoms with Gasteiger partial charge in [-0.15, -0.1) is 0 Å². The molecule has 0 saturated heterocycles. The van der Waals surface area contributed by atoms with Crippen LogP contribution in [0, 0.1) is 24.5 Å². The summed E-state index contributed by atoms with van der Waals surface area (Å²) in [5, 5.41) is 3.11. The van der Waals surface area contributed by atoms with Crippen LogP contribution in [-0.2, 0) is 6.42 Å². The van der Waals surface area contributed by atoms with E-state index in [-0.39, 0.29) is 34.0 Å². The van der Waals surface area contributed by atoms with Gasteiger partial charge in [0, 0.05) is 16.8 Å². The zero-order valence-corrected chi connectivity index (χ0v) is 19.6. The van der Waals surface area contributed by atoms with Gasteiger partial charge >= 0.3 is 0 Å². The maximum absolute atomic E-state index is 15.0. The van der Waals surface area contributed by atoms with Gasteiger partial charge in [0.15, 0.2) is 0 Å². The second kappa shape index (κ2) is 8.55. The number of hydrogen-bond acceptors (Lipinski definition) is 3. The number of fused-ring (bicyclic) bond motifs is 2. The van der Waals surface area contributed by atoms with Crippen molar-refractivity contribution in [3.63, 3.8) is 0 Å². The van der Waals surface area contributed by atoms with Crippen LogP contribution in [0.3, 0.4) is 0 Å². The third kappa shape index (κ3) is 3.73. The third-order valence-corrected chi connectivity index (χ3v) is 7.06. The van der Waals surface area contributed by atoms with Crippen LogP contribution in [0.15, 0.2) is 53.3 Å². The number of imidazole rings is 1. The molecule has 0 radical (unpaired) electrons. The number of aryl methyl sites for hydroxylation is 1. The zero-order chi connectivity index (χ0) is 25.0. The van der Waals surface area contributed by atoms with Gasteiger partial charge in [0.2, 0.25) is 5.95 Å². The first-order valence-corrected chi connectivity index (χ1v) is 12.1. The molecule has 36 heavy (non-hydrogen) atoms. The van der Waals surface area contributed by atoms with Crippen LogP contribution < -0.4 is 10.9 Å². The number of pyridine rings is 1. The number of carbonyl (C=O) groups excluding carboxylic acids is 1. The number of H-pyrrole nitrogens is 1. The molecule has 1 fully saturated rings. The van der Waals surface area contributed by atoms with Crippen molar-refractivity contribution in [2.45, 2.75) is 38.6 Å². The normalized spacial score (nSPS) is 15.6. The molecule has 6 rings (SSSR count). The van der Waals surface area contributed by atoms with E-state index in [2.05, 4.69) is 15.3 Å². The second-order valence-corrected chi connectivity index (χ2v) is 9.47. The van der Waals surface area contributed by atoms with E-state index in [1.54, 1.807) is 25.1 Å². The lowest BCUT2D eigenvalue weighted by molar-refractivity contribution is 0.0932. The van der Waals surface area contributed by atoms with Gasteiger partial charge in [-0.05, 0) is 68.4 Å². The molecule has 0 aliphatic heterocycles. The van der Waals surface area contributed by atoms with Crippen LogP contribution in [0.25, 0.3) is 22.8 Å². The molecule has 1 saturated carbocycles. The maximum Gasteiger partial charge on any atom is 0.268 e. The van der Waals surface area contributed by atoms with Crippen molar-refractivity contribution in [3.8, 4) is 5.95 Å². The third-order valence-electron chi connectivity index (χ3n) is 7.06. The van der Waals surface area contributed by atoms with E-state index in [4.69, 9.17) is 0 Å². The summed E-state index contributed by atoms with van der Waals surface area (Å²) in [6.45, 7) is 1.66. The van der Waals surface area contributed by atoms with Gasteiger partial charge in [-0.2, -0.15) is 0 Å². The summed E-state index contributed by atoms with van der Waals surface area (Å²) in [6.07, 6.45) is 7.32. The largest absolute Gasteiger partial charge is 0.345 e. The Morgan fingerprint density at radius 2 is 2.00 bits per heavy atom. The van der Waals surface area contributed by atoms with E-state index in [0.717, 1.165) is 37.1 Å². The number of rotatable bonds is 5. The quantitative estimate of drug-likeness (QED) is 0.410. The van der Waals surface area contributed by atoms with E-state index in [1.807, 2.05) is 12.2 Å². The van der Waals surface area contributed by atoms with Gasteiger partial charge in [0.1, 0.15) is 11.6 Å². The van der Waals surface area contributed by atoms with E-state index in [9.17, 15) is 14.0 Å². The first-order chi connectivity index (χ1) is 17.4. The summed E-state index contributed by atoms with van der Waals surface area (Å²) >= 11 is 0. The summed E-state index contributed by atoms with van der Waals surface area (Å²) in [5.74, 6) is -1.10. The lowest BCUT2D eigenvalue weighted by Crippen LogP contribution is -2.33. The molecule has 6 nitrogen and oxygen atoms in total. The Labute approximate surface area is 205 Å². The fourth-order valence-electron chi connectivity index (χ4n) is 5.14. The maximum atomic E-state index is 15.0. The Bertz CT molecular complexity index is 1610. The zero-order valence-electron chi connectivity index (χ0n) is 19.6. The van der Waals surface area contributed by atoms with E-state index in [0.29, 0.717) is 11.3 Å². The SMILES string of the molecule is Cc1c(C(=O)N[C@H](c2cccc(F)c2)C2CC2)c2cccc(F)c2c(=O)n1-c1nc2c([nH]1)CCC=C2. The fourth-order valence-corrected chi connectivity index (χ4v) is 5.14. The average Bonchev–Trinajstić information content (AvgIpc) is 3.60. The number of benzene rings is 2. The van der Waals surface area contributed by atoms with E-state index in [1.165, 1.54) is 28.8 Å². The number of hydrogen-bond donors (Lipinski definition) is 2. The van der Waals surface area contributed by atoms with Crippen molar-refractivity contribution < 1.29 is 13.6 Å². The monoisotopic (exact) mass is 486 g/mol. The van der Waals surface area contributed by atoms with Gasteiger partial charge in [-0.1, -0.05) is 30.3 Å². The molecular weight excluding hydrogens is 462 g/mol. The summed E-state index contributed by atoms with van der Waals surface area (Å²) < 4.78 is 30.3. The second-order valence-electron chi connectivity index (χ2n) is 9.47. The van der Waals surface area contributed by atoms with Gasteiger partial charge < -0.3 is 10.3 Å². The lowest BCUT2D eigenvalue weighted by atomic mass is 9.99. The van der Waals surface area contributed by atoms with Gasteiger partial charge in [0.25, 0.3) is 11.5 Å². The molecule has 8 heteroatoms. The van der Waals surface area contributed by atoms with Crippen molar-refractivity contribution in [2.24, 2.45) is 5.92 Å². The van der Waals surface area contributed by atoms with Crippen LogP contribution in [0.5, 0.6) is 0 Å².